The Hall–Kier alpha value is -1.56. The van der Waals surface area contributed by atoms with E-state index < -0.39 is 12.2 Å². The second-order valence-electron chi connectivity index (χ2n) is 5.07. The fraction of sp³-hybridized carbons (Fsp3) is 0.500. The molecule has 1 aromatic carbocycles. The lowest BCUT2D eigenvalue weighted by molar-refractivity contribution is -0.182. The highest BCUT2D eigenvalue weighted by molar-refractivity contribution is 5.76. The highest BCUT2D eigenvalue weighted by Gasteiger charge is 2.44. The molecule has 1 aliphatic rings. The summed E-state index contributed by atoms with van der Waals surface area (Å²) in [5.41, 5.74) is 1.84. The number of rotatable bonds is 2. The van der Waals surface area contributed by atoms with E-state index in [1.165, 1.54) is 4.90 Å². The second-order valence-corrected chi connectivity index (χ2v) is 5.07. The Kier molecular flexibility index (Phi) is 4.32. The molecule has 0 bridgehead atoms. The molecule has 1 atom stereocenters. The van der Waals surface area contributed by atoms with Crippen molar-refractivity contribution in [2.75, 3.05) is 13.1 Å². The predicted octanol–water partition coefficient (Wildman–Crippen LogP) is 2.25. The molecule has 20 heavy (non-hydrogen) atoms. The molecule has 110 valence electrons. The van der Waals surface area contributed by atoms with Crippen molar-refractivity contribution in [3.05, 3.63) is 35.4 Å². The van der Waals surface area contributed by atoms with Crippen molar-refractivity contribution >= 4 is 5.91 Å². The van der Waals surface area contributed by atoms with Crippen LogP contribution in [-0.4, -0.2) is 36.1 Å². The molecule has 1 aliphatic heterocycles. The van der Waals surface area contributed by atoms with Crippen LogP contribution in [0.15, 0.2) is 24.3 Å². The summed E-state index contributed by atoms with van der Waals surface area (Å²) in [7, 11) is 0. The van der Waals surface area contributed by atoms with Gasteiger partial charge in [0.05, 0.1) is 0 Å². The van der Waals surface area contributed by atoms with Crippen LogP contribution in [0.1, 0.15) is 17.5 Å². The minimum absolute atomic E-state index is 0.0956. The van der Waals surface area contributed by atoms with Gasteiger partial charge in [-0.25, -0.2) is 0 Å². The van der Waals surface area contributed by atoms with Crippen LogP contribution in [0.3, 0.4) is 0 Å². The van der Waals surface area contributed by atoms with Crippen LogP contribution in [0.2, 0.25) is 0 Å². The van der Waals surface area contributed by atoms with E-state index in [1.807, 2.05) is 25.1 Å². The second kappa shape index (κ2) is 5.83. The number of halogens is 3. The van der Waals surface area contributed by atoms with Gasteiger partial charge in [0.1, 0.15) is 6.04 Å². The first-order chi connectivity index (χ1) is 9.36. The van der Waals surface area contributed by atoms with Crippen LogP contribution >= 0.6 is 0 Å². The zero-order valence-electron chi connectivity index (χ0n) is 11.2. The number of carbonyl (C=O) groups excluding carboxylic acids is 1. The molecule has 1 unspecified atom stereocenters. The summed E-state index contributed by atoms with van der Waals surface area (Å²) in [5.74, 6) is -0.328. The Bertz CT molecular complexity index is 488. The molecule has 1 N–H and O–H groups in total. The molecule has 1 amide bonds. The van der Waals surface area contributed by atoms with E-state index in [-0.39, 0.29) is 32.0 Å². The van der Waals surface area contributed by atoms with Gasteiger partial charge in [0, 0.05) is 26.1 Å². The van der Waals surface area contributed by atoms with E-state index in [2.05, 4.69) is 5.32 Å². The van der Waals surface area contributed by atoms with Crippen molar-refractivity contribution in [2.24, 2.45) is 0 Å². The van der Waals surface area contributed by atoms with Gasteiger partial charge in [-0.3, -0.25) is 9.69 Å². The zero-order valence-corrected chi connectivity index (χ0v) is 11.2. The molecule has 1 heterocycles. The minimum Gasteiger partial charge on any atom is -0.354 e. The van der Waals surface area contributed by atoms with Crippen LogP contribution in [0, 0.1) is 6.92 Å². The Labute approximate surface area is 115 Å². The lowest BCUT2D eigenvalue weighted by Crippen LogP contribution is -2.49. The van der Waals surface area contributed by atoms with E-state index in [0.29, 0.717) is 0 Å². The van der Waals surface area contributed by atoms with Crippen molar-refractivity contribution in [3.8, 4) is 0 Å². The maximum absolute atomic E-state index is 13.1. The van der Waals surface area contributed by atoms with Crippen LogP contribution in [0.4, 0.5) is 13.2 Å². The number of benzene rings is 1. The van der Waals surface area contributed by atoms with Gasteiger partial charge in [-0.05, 0) is 12.5 Å². The summed E-state index contributed by atoms with van der Waals surface area (Å²) < 4.78 is 39.3. The molecule has 2 rings (SSSR count). The molecule has 1 aromatic rings. The van der Waals surface area contributed by atoms with Crippen molar-refractivity contribution < 1.29 is 18.0 Å². The van der Waals surface area contributed by atoms with Crippen LogP contribution < -0.4 is 5.32 Å². The van der Waals surface area contributed by atoms with Gasteiger partial charge in [0.25, 0.3) is 0 Å². The largest absolute Gasteiger partial charge is 0.405 e. The SMILES string of the molecule is Cc1cccc(CN2CCC(=O)NCC2C(F)(F)F)c1. The van der Waals surface area contributed by atoms with Crippen molar-refractivity contribution in [1.29, 1.82) is 0 Å². The molecule has 6 heteroatoms. The van der Waals surface area contributed by atoms with Gasteiger partial charge in [0.2, 0.25) is 5.91 Å². The van der Waals surface area contributed by atoms with Gasteiger partial charge in [-0.1, -0.05) is 29.8 Å². The van der Waals surface area contributed by atoms with Crippen molar-refractivity contribution in [2.45, 2.75) is 32.1 Å². The quantitative estimate of drug-likeness (QED) is 0.904. The summed E-state index contributed by atoms with van der Waals surface area (Å²) in [6, 6.07) is 5.77. The third kappa shape index (κ3) is 3.72. The first-order valence-electron chi connectivity index (χ1n) is 6.49. The number of hydrogen-bond donors (Lipinski definition) is 1. The topological polar surface area (TPSA) is 32.3 Å². The van der Waals surface area contributed by atoms with Crippen LogP contribution in [0.25, 0.3) is 0 Å². The summed E-state index contributed by atoms with van der Waals surface area (Å²) in [6.07, 6.45) is -4.25. The van der Waals surface area contributed by atoms with Gasteiger partial charge in [-0.2, -0.15) is 13.2 Å². The maximum Gasteiger partial charge on any atom is 0.405 e. The molecule has 0 aromatic heterocycles. The lowest BCUT2D eigenvalue weighted by Gasteiger charge is -2.30. The van der Waals surface area contributed by atoms with E-state index in [4.69, 9.17) is 0 Å². The van der Waals surface area contributed by atoms with Gasteiger partial charge in [-0.15, -0.1) is 0 Å². The number of carbonyl (C=O) groups is 1. The Morgan fingerprint density at radius 3 is 2.80 bits per heavy atom. The normalized spacial score (nSPS) is 21.4. The molecule has 0 saturated carbocycles. The third-order valence-corrected chi connectivity index (χ3v) is 3.41. The summed E-state index contributed by atoms with van der Waals surface area (Å²) in [4.78, 5) is 12.6. The highest BCUT2D eigenvalue weighted by Crippen LogP contribution is 2.27. The van der Waals surface area contributed by atoms with Crippen LogP contribution in [-0.2, 0) is 11.3 Å². The van der Waals surface area contributed by atoms with Crippen molar-refractivity contribution in [3.63, 3.8) is 0 Å². The smallest absolute Gasteiger partial charge is 0.354 e. The van der Waals surface area contributed by atoms with E-state index >= 15 is 0 Å². The molecule has 0 spiro atoms. The first-order valence-corrected chi connectivity index (χ1v) is 6.49. The minimum atomic E-state index is -4.35. The molecule has 0 radical (unpaired) electrons. The fourth-order valence-electron chi connectivity index (χ4n) is 2.39. The summed E-state index contributed by atoms with van der Waals surface area (Å²) in [5, 5.41) is 2.33. The highest BCUT2D eigenvalue weighted by atomic mass is 19.4. The van der Waals surface area contributed by atoms with Gasteiger partial charge >= 0.3 is 6.18 Å². The predicted molar refractivity (Wildman–Crippen MR) is 69.1 cm³/mol. The lowest BCUT2D eigenvalue weighted by atomic mass is 10.1. The van der Waals surface area contributed by atoms with Gasteiger partial charge < -0.3 is 5.32 Å². The number of alkyl halides is 3. The average Bonchev–Trinajstić information content (AvgIpc) is 2.51. The zero-order chi connectivity index (χ0) is 14.8. The molecular formula is C14H17F3N2O. The molecule has 1 saturated heterocycles. The Balaban J connectivity index is 2.18. The average molecular weight is 286 g/mol. The first kappa shape index (κ1) is 14.8. The maximum atomic E-state index is 13.1. The Morgan fingerprint density at radius 1 is 1.40 bits per heavy atom. The fourth-order valence-corrected chi connectivity index (χ4v) is 2.39. The monoisotopic (exact) mass is 286 g/mol. The van der Waals surface area contributed by atoms with E-state index in [1.54, 1.807) is 6.07 Å². The Morgan fingerprint density at radius 2 is 2.15 bits per heavy atom. The number of amides is 1. The number of nitrogens with one attached hydrogen (secondary N) is 1. The van der Waals surface area contributed by atoms with Crippen LogP contribution in [0.5, 0.6) is 0 Å². The molecule has 0 aliphatic carbocycles. The van der Waals surface area contributed by atoms with E-state index in [9.17, 15) is 18.0 Å². The number of nitrogens with zero attached hydrogens (tertiary/aromatic N) is 1. The third-order valence-electron chi connectivity index (χ3n) is 3.41. The molecule has 1 fully saturated rings. The molecular weight excluding hydrogens is 269 g/mol. The summed E-state index contributed by atoms with van der Waals surface area (Å²) >= 11 is 0. The standard InChI is InChI=1S/C14H17F3N2O/c1-10-3-2-4-11(7-10)9-19-6-5-13(20)18-8-12(19)14(15,16)17/h2-4,7,12H,5-6,8-9H2,1H3,(H,18,20). The van der Waals surface area contributed by atoms with Gasteiger partial charge in [0.15, 0.2) is 0 Å². The number of aryl methyl sites for hydroxylation is 1. The molecule has 3 nitrogen and oxygen atoms in total. The number of hydrogen-bond acceptors (Lipinski definition) is 2. The van der Waals surface area contributed by atoms with E-state index in [0.717, 1.165) is 11.1 Å². The summed E-state index contributed by atoms with van der Waals surface area (Å²) in [6.45, 7) is 1.83. The van der Waals surface area contributed by atoms with Crippen molar-refractivity contribution in [1.82, 2.24) is 10.2 Å².